The molecule has 3 aliphatic heterocycles. The Morgan fingerprint density at radius 2 is 1.63 bits per heavy atom. The number of ether oxygens (including phenoxy) is 5. The Hall–Kier alpha value is -4.17. The average molecular weight is 563 g/mol. The number of carbonyl (C=O) groups is 2. The van der Waals surface area contributed by atoms with Crippen LogP contribution in [0.2, 0.25) is 0 Å². The number of carbonyl (C=O) groups excluding carboxylic acids is 2. The maximum atomic E-state index is 13.3. The molecule has 1 aromatic carbocycles. The molecule has 2 amide bonds. The Labute approximate surface area is 239 Å². The molecule has 3 aliphatic rings. The van der Waals surface area contributed by atoms with Gasteiger partial charge in [-0.25, -0.2) is 19.6 Å². The lowest BCUT2D eigenvalue weighted by Gasteiger charge is -2.53. The standard InChI is InChI=1S/C30H34N4O7/c1-8-9-20-13-31-14-22(32-20)19-10-11-23-21(12-19)30(29(17-38-23)15-37-16-29)18-39-24(33-30)34(25(35)40-27(2,3)4)26(36)41-28(5,6)7/h10-14H,15-18H2,1-7H3. The molecule has 2 spiro atoms. The van der Waals surface area contributed by atoms with E-state index in [1.807, 2.05) is 18.2 Å². The van der Waals surface area contributed by atoms with Crippen LogP contribution in [0.1, 0.15) is 59.7 Å². The second kappa shape index (κ2) is 10.0. The number of imide groups is 1. The summed E-state index contributed by atoms with van der Waals surface area (Å²) in [6.07, 6.45) is 1.36. The van der Waals surface area contributed by atoms with Gasteiger partial charge < -0.3 is 23.7 Å². The largest absolute Gasteiger partial charge is 0.492 e. The van der Waals surface area contributed by atoms with Crippen LogP contribution in [0, 0.1) is 17.3 Å². The van der Waals surface area contributed by atoms with Crippen LogP contribution in [0.15, 0.2) is 35.6 Å². The zero-order valence-corrected chi connectivity index (χ0v) is 24.4. The van der Waals surface area contributed by atoms with Crippen LogP contribution in [0.25, 0.3) is 11.3 Å². The Kier molecular flexibility index (Phi) is 6.94. The molecule has 1 aromatic heterocycles. The van der Waals surface area contributed by atoms with Gasteiger partial charge in [-0.3, -0.25) is 4.98 Å². The quantitative estimate of drug-likeness (QED) is 0.456. The maximum absolute atomic E-state index is 13.3. The van der Waals surface area contributed by atoms with E-state index in [-0.39, 0.29) is 12.6 Å². The van der Waals surface area contributed by atoms with Gasteiger partial charge in [0.15, 0.2) is 0 Å². The number of benzene rings is 1. The van der Waals surface area contributed by atoms with Crippen molar-refractivity contribution in [2.75, 3.05) is 26.4 Å². The predicted molar refractivity (Wildman–Crippen MR) is 148 cm³/mol. The first-order chi connectivity index (χ1) is 19.3. The maximum Gasteiger partial charge on any atom is 0.428 e. The number of aliphatic imine (C=N–C) groups is 1. The zero-order valence-electron chi connectivity index (χ0n) is 24.4. The molecule has 0 aliphatic carbocycles. The van der Waals surface area contributed by atoms with Gasteiger partial charge >= 0.3 is 18.2 Å². The van der Waals surface area contributed by atoms with Crippen LogP contribution in [0.5, 0.6) is 5.75 Å². The normalized spacial score (nSPS) is 20.4. The highest BCUT2D eigenvalue weighted by molar-refractivity contribution is 6.06. The Balaban J connectivity index is 1.62. The SMILES string of the molecule is CC#Cc1cncc(-c2ccc3c(c2)C2(COC(N(C(=O)OC(C)(C)C)C(=O)OC(C)(C)C)=N2)C2(COC2)CO3)n1. The second-order valence-corrected chi connectivity index (χ2v) is 12.3. The molecule has 1 atom stereocenters. The third-order valence-electron chi connectivity index (χ3n) is 6.79. The molecule has 2 aromatic rings. The summed E-state index contributed by atoms with van der Waals surface area (Å²) in [5, 5.41) is 0. The first kappa shape index (κ1) is 28.4. The summed E-state index contributed by atoms with van der Waals surface area (Å²) in [5.74, 6) is 6.38. The van der Waals surface area contributed by atoms with E-state index >= 15 is 0 Å². The lowest BCUT2D eigenvalue weighted by Crippen LogP contribution is -2.63. The topological polar surface area (TPSA) is 122 Å². The molecule has 4 heterocycles. The summed E-state index contributed by atoms with van der Waals surface area (Å²) in [4.78, 5) is 41.3. The summed E-state index contributed by atoms with van der Waals surface area (Å²) in [6.45, 7) is 13.1. The van der Waals surface area contributed by atoms with Gasteiger partial charge in [-0.1, -0.05) is 5.92 Å². The van der Waals surface area contributed by atoms with E-state index in [2.05, 4.69) is 21.8 Å². The van der Waals surface area contributed by atoms with Crippen LogP contribution >= 0.6 is 0 Å². The molecule has 216 valence electrons. The highest BCUT2D eigenvalue weighted by atomic mass is 16.6. The fourth-order valence-electron chi connectivity index (χ4n) is 4.89. The van der Waals surface area contributed by atoms with Crippen molar-refractivity contribution >= 4 is 18.2 Å². The third kappa shape index (κ3) is 5.32. The first-order valence-corrected chi connectivity index (χ1v) is 13.3. The summed E-state index contributed by atoms with van der Waals surface area (Å²) < 4.78 is 29.0. The van der Waals surface area contributed by atoms with Gasteiger partial charge in [-0.2, -0.15) is 0 Å². The number of amidine groups is 1. The van der Waals surface area contributed by atoms with Crippen molar-refractivity contribution in [3.8, 4) is 28.8 Å². The number of hydrogen-bond acceptors (Lipinski definition) is 10. The fourth-order valence-corrected chi connectivity index (χ4v) is 4.89. The lowest BCUT2D eigenvalue weighted by molar-refractivity contribution is -0.185. The number of rotatable bonds is 1. The zero-order chi connectivity index (χ0) is 29.6. The minimum Gasteiger partial charge on any atom is -0.492 e. The third-order valence-corrected chi connectivity index (χ3v) is 6.79. The van der Waals surface area contributed by atoms with Crippen LogP contribution in [0.3, 0.4) is 0 Å². The van der Waals surface area contributed by atoms with Crippen LogP contribution in [-0.4, -0.2) is 70.7 Å². The number of fused-ring (bicyclic) bond motifs is 3. The Bertz CT molecular complexity index is 1450. The molecule has 0 radical (unpaired) electrons. The van der Waals surface area contributed by atoms with Gasteiger partial charge in [-0.15, -0.1) is 4.90 Å². The lowest BCUT2D eigenvalue weighted by atomic mass is 9.64. The van der Waals surface area contributed by atoms with E-state index in [9.17, 15) is 9.59 Å². The summed E-state index contributed by atoms with van der Waals surface area (Å²) >= 11 is 0. The summed E-state index contributed by atoms with van der Waals surface area (Å²) in [6, 6.07) is 5.47. The molecule has 1 fully saturated rings. The second-order valence-electron chi connectivity index (χ2n) is 12.3. The van der Waals surface area contributed by atoms with Crippen molar-refractivity contribution in [1.29, 1.82) is 0 Å². The molecule has 0 N–H and O–H groups in total. The highest BCUT2D eigenvalue weighted by Gasteiger charge is 2.65. The summed E-state index contributed by atoms with van der Waals surface area (Å²) in [5.41, 5.74) is -0.704. The predicted octanol–water partition coefficient (Wildman–Crippen LogP) is 4.68. The van der Waals surface area contributed by atoms with E-state index < -0.39 is 34.3 Å². The minimum absolute atomic E-state index is 0.0423. The van der Waals surface area contributed by atoms with Gasteiger partial charge in [0.1, 0.15) is 41.4 Å². The van der Waals surface area contributed by atoms with E-state index in [1.54, 1.807) is 60.9 Å². The van der Waals surface area contributed by atoms with Crippen molar-refractivity contribution in [1.82, 2.24) is 14.9 Å². The molecule has 5 rings (SSSR count). The molecule has 0 saturated carbocycles. The number of aromatic nitrogens is 2. The Morgan fingerprint density at radius 3 is 2.22 bits per heavy atom. The van der Waals surface area contributed by atoms with Crippen molar-refractivity contribution < 1.29 is 33.3 Å². The van der Waals surface area contributed by atoms with Crippen LogP contribution in [0.4, 0.5) is 9.59 Å². The molecule has 1 unspecified atom stereocenters. The van der Waals surface area contributed by atoms with E-state index in [0.29, 0.717) is 37.0 Å². The number of nitrogens with zero attached hydrogens (tertiary/aromatic N) is 4. The van der Waals surface area contributed by atoms with E-state index in [1.165, 1.54) is 0 Å². The monoisotopic (exact) mass is 562 g/mol. The molecular weight excluding hydrogens is 528 g/mol. The molecule has 11 heteroatoms. The van der Waals surface area contributed by atoms with Gasteiger partial charge in [-0.05, 0) is 72.6 Å². The molecule has 41 heavy (non-hydrogen) atoms. The number of amides is 2. The molecule has 0 bridgehead atoms. The highest BCUT2D eigenvalue weighted by Crippen LogP contribution is 2.56. The van der Waals surface area contributed by atoms with Gasteiger partial charge in [0.2, 0.25) is 0 Å². The van der Waals surface area contributed by atoms with E-state index in [0.717, 1.165) is 16.0 Å². The summed E-state index contributed by atoms with van der Waals surface area (Å²) in [7, 11) is 0. The van der Waals surface area contributed by atoms with Crippen molar-refractivity contribution in [3.05, 3.63) is 41.9 Å². The number of hydrogen-bond donors (Lipinski definition) is 0. The van der Waals surface area contributed by atoms with E-state index in [4.69, 9.17) is 28.7 Å². The fraction of sp³-hybridized carbons (Fsp3) is 0.500. The van der Waals surface area contributed by atoms with Crippen molar-refractivity contribution in [2.24, 2.45) is 10.4 Å². The smallest absolute Gasteiger partial charge is 0.428 e. The van der Waals surface area contributed by atoms with Crippen molar-refractivity contribution in [3.63, 3.8) is 0 Å². The first-order valence-electron chi connectivity index (χ1n) is 13.3. The average Bonchev–Trinajstić information content (AvgIpc) is 3.26. The minimum atomic E-state index is -1.03. The Morgan fingerprint density at radius 1 is 0.951 bits per heavy atom. The molecule has 1 saturated heterocycles. The molecule has 11 nitrogen and oxygen atoms in total. The van der Waals surface area contributed by atoms with Crippen molar-refractivity contribution in [2.45, 2.75) is 65.2 Å². The van der Waals surface area contributed by atoms with Gasteiger partial charge in [0.05, 0.1) is 36.7 Å². The van der Waals surface area contributed by atoms with Crippen LogP contribution in [-0.2, 0) is 24.5 Å². The van der Waals surface area contributed by atoms with Gasteiger partial charge in [0, 0.05) is 11.1 Å². The van der Waals surface area contributed by atoms with Crippen LogP contribution < -0.4 is 4.74 Å². The van der Waals surface area contributed by atoms with Gasteiger partial charge in [0.25, 0.3) is 0 Å². The molecular formula is C30H34N4O7.